The zero-order valence-corrected chi connectivity index (χ0v) is 7.47. The first-order valence-electron chi connectivity index (χ1n) is 3.65. The summed E-state index contributed by atoms with van der Waals surface area (Å²) in [6.45, 7) is 0. The highest BCUT2D eigenvalue weighted by molar-refractivity contribution is 5.59. The van der Waals surface area contributed by atoms with E-state index in [9.17, 15) is 0 Å². The molecule has 13 heavy (non-hydrogen) atoms. The van der Waals surface area contributed by atoms with Crippen LogP contribution in [-0.4, -0.2) is 35.3 Å². The number of hydrogen-bond donors (Lipinski definition) is 0. The van der Waals surface area contributed by atoms with E-state index in [-0.39, 0.29) is 5.82 Å². The molecule has 0 atom stereocenters. The molecule has 5 nitrogen and oxygen atoms in total. The van der Waals surface area contributed by atoms with Crippen molar-refractivity contribution >= 4 is 12.0 Å². The number of rotatable bonds is 2. The zero-order chi connectivity index (χ0) is 9.68. The number of aliphatic imine (C=N–C) groups is 1. The van der Waals surface area contributed by atoms with Crippen LogP contribution in [0.3, 0.4) is 0 Å². The highest BCUT2D eigenvalue weighted by atomic mass is 15.1. The first kappa shape index (κ1) is 9.13. The highest BCUT2D eigenvalue weighted by Gasteiger charge is 1.92. The third-order valence-electron chi connectivity index (χ3n) is 1.18. The molecule has 0 aliphatic carbocycles. The molecule has 1 heterocycles. The summed E-state index contributed by atoms with van der Waals surface area (Å²) in [6, 6.07) is 1.83. The Labute approximate surface area is 76.4 Å². The second-order valence-electron chi connectivity index (χ2n) is 2.58. The molecule has 0 aromatic carbocycles. The molecule has 1 aromatic heterocycles. The van der Waals surface area contributed by atoms with Gasteiger partial charge in [0.1, 0.15) is 11.8 Å². The molecule has 0 amide bonds. The minimum absolute atomic E-state index is 0.156. The average molecular weight is 175 g/mol. The van der Waals surface area contributed by atoms with Gasteiger partial charge in [-0.3, -0.25) is 0 Å². The van der Waals surface area contributed by atoms with Crippen molar-refractivity contribution in [2.75, 3.05) is 14.1 Å². The molecule has 0 aliphatic heterocycles. The largest absolute Gasteiger partial charge is 0.369 e. The quantitative estimate of drug-likeness (QED) is 0.487. The molecule has 0 unspecified atom stereocenters. The van der Waals surface area contributed by atoms with E-state index in [4.69, 9.17) is 5.26 Å². The van der Waals surface area contributed by atoms with E-state index in [1.807, 2.05) is 20.2 Å². The van der Waals surface area contributed by atoms with Crippen LogP contribution < -0.4 is 0 Å². The van der Waals surface area contributed by atoms with Gasteiger partial charge in [-0.2, -0.15) is 5.26 Å². The van der Waals surface area contributed by atoms with Gasteiger partial charge in [0.2, 0.25) is 5.82 Å². The number of nitrogens with zero attached hydrogens (tertiary/aromatic N) is 5. The van der Waals surface area contributed by atoms with Crippen molar-refractivity contribution < 1.29 is 0 Å². The Bertz CT molecular complexity index is 333. The summed E-state index contributed by atoms with van der Waals surface area (Å²) in [5.74, 6) is 0.156. The minimum Gasteiger partial charge on any atom is -0.369 e. The standard InChI is InChI=1S/C8H9N5/c1-13(2)6-12-7-4-10-8(3-9)11-5-7/h4-6H,1-2H3/b12-6+. The topological polar surface area (TPSA) is 65.2 Å². The minimum atomic E-state index is 0.156. The summed E-state index contributed by atoms with van der Waals surface area (Å²) >= 11 is 0. The molecule has 0 aliphatic rings. The predicted octanol–water partition coefficient (Wildman–Crippen LogP) is 0.570. The van der Waals surface area contributed by atoms with Crippen molar-refractivity contribution in [2.45, 2.75) is 0 Å². The SMILES string of the molecule is CN(C)/C=N/c1cnc(C#N)nc1. The Morgan fingerprint density at radius 1 is 1.46 bits per heavy atom. The van der Waals surface area contributed by atoms with Gasteiger partial charge in [0.05, 0.1) is 18.7 Å². The van der Waals surface area contributed by atoms with Crippen LogP contribution in [-0.2, 0) is 0 Å². The van der Waals surface area contributed by atoms with Crippen LogP contribution in [0.2, 0.25) is 0 Å². The maximum absolute atomic E-state index is 8.42. The van der Waals surface area contributed by atoms with Gasteiger partial charge in [0.25, 0.3) is 0 Å². The lowest BCUT2D eigenvalue weighted by Gasteiger charge is -2.01. The lowest BCUT2D eigenvalue weighted by molar-refractivity contribution is 0.643. The fourth-order valence-corrected chi connectivity index (χ4v) is 0.628. The van der Waals surface area contributed by atoms with E-state index in [1.165, 1.54) is 12.4 Å². The average Bonchev–Trinajstić information content (AvgIpc) is 2.15. The van der Waals surface area contributed by atoms with Crippen LogP contribution in [0.4, 0.5) is 5.69 Å². The molecule has 66 valence electrons. The fourth-order valence-electron chi connectivity index (χ4n) is 0.628. The summed E-state index contributed by atoms with van der Waals surface area (Å²) in [6.07, 6.45) is 4.65. The van der Waals surface area contributed by atoms with Crippen molar-refractivity contribution in [3.63, 3.8) is 0 Å². The smallest absolute Gasteiger partial charge is 0.232 e. The van der Waals surface area contributed by atoms with Gasteiger partial charge in [0.15, 0.2) is 0 Å². The lowest BCUT2D eigenvalue weighted by Crippen LogP contribution is -2.07. The van der Waals surface area contributed by atoms with Gasteiger partial charge >= 0.3 is 0 Å². The van der Waals surface area contributed by atoms with Gasteiger partial charge in [-0.1, -0.05) is 0 Å². The normalized spacial score (nSPS) is 9.92. The molecule has 1 aromatic rings. The molecular formula is C8H9N5. The molecule has 1 rings (SSSR count). The van der Waals surface area contributed by atoms with Crippen LogP contribution in [0.25, 0.3) is 0 Å². The maximum atomic E-state index is 8.42. The number of hydrogen-bond acceptors (Lipinski definition) is 4. The first-order chi connectivity index (χ1) is 6.22. The van der Waals surface area contributed by atoms with E-state index < -0.39 is 0 Å². The molecule has 0 radical (unpaired) electrons. The molecule has 0 saturated carbocycles. The van der Waals surface area contributed by atoms with Gasteiger partial charge in [-0.05, 0) is 0 Å². The molecule has 0 spiro atoms. The predicted molar refractivity (Wildman–Crippen MR) is 48.6 cm³/mol. The van der Waals surface area contributed by atoms with Crippen molar-refractivity contribution in [2.24, 2.45) is 4.99 Å². The Morgan fingerprint density at radius 2 is 2.08 bits per heavy atom. The fraction of sp³-hybridized carbons (Fsp3) is 0.250. The van der Waals surface area contributed by atoms with Crippen molar-refractivity contribution in [3.8, 4) is 6.07 Å². The zero-order valence-electron chi connectivity index (χ0n) is 7.47. The van der Waals surface area contributed by atoms with Gasteiger partial charge in [0, 0.05) is 14.1 Å². The van der Waals surface area contributed by atoms with Crippen molar-refractivity contribution in [1.29, 1.82) is 5.26 Å². The van der Waals surface area contributed by atoms with E-state index in [2.05, 4.69) is 15.0 Å². The Morgan fingerprint density at radius 3 is 2.54 bits per heavy atom. The number of nitriles is 1. The molecule has 0 fully saturated rings. The van der Waals surface area contributed by atoms with Crippen LogP contribution in [0, 0.1) is 11.3 Å². The Balaban J connectivity index is 2.76. The Hall–Kier alpha value is -1.96. The van der Waals surface area contributed by atoms with Gasteiger partial charge in [-0.25, -0.2) is 15.0 Å². The third-order valence-corrected chi connectivity index (χ3v) is 1.18. The van der Waals surface area contributed by atoms with Crippen LogP contribution in [0.1, 0.15) is 5.82 Å². The summed E-state index contributed by atoms with van der Waals surface area (Å²) in [4.78, 5) is 13.4. The van der Waals surface area contributed by atoms with Crippen LogP contribution in [0.15, 0.2) is 17.4 Å². The lowest BCUT2D eigenvalue weighted by atomic mass is 10.5. The molecule has 0 N–H and O–H groups in total. The third kappa shape index (κ3) is 2.87. The summed E-state index contributed by atoms with van der Waals surface area (Å²) in [5.41, 5.74) is 0.632. The summed E-state index contributed by atoms with van der Waals surface area (Å²) in [5, 5.41) is 8.42. The van der Waals surface area contributed by atoms with Crippen LogP contribution in [0.5, 0.6) is 0 Å². The molecule has 0 saturated heterocycles. The van der Waals surface area contributed by atoms with E-state index in [0.717, 1.165) is 0 Å². The molecule has 5 heteroatoms. The Kier molecular flexibility index (Phi) is 2.92. The van der Waals surface area contributed by atoms with Crippen molar-refractivity contribution in [1.82, 2.24) is 14.9 Å². The van der Waals surface area contributed by atoms with E-state index >= 15 is 0 Å². The maximum Gasteiger partial charge on any atom is 0.232 e. The monoisotopic (exact) mass is 175 g/mol. The molecule has 0 bridgehead atoms. The number of aromatic nitrogens is 2. The second kappa shape index (κ2) is 4.16. The molecular weight excluding hydrogens is 166 g/mol. The van der Waals surface area contributed by atoms with E-state index in [0.29, 0.717) is 5.69 Å². The summed E-state index contributed by atoms with van der Waals surface area (Å²) < 4.78 is 0. The summed E-state index contributed by atoms with van der Waals surface area (Å²) in [7, 11) is 3.74. The van der Waals surface area contributed by atoms with Crippen LogP contribution >= 0.6 is 0 Å². The highest BCUT2D eigenvalue weighted by Crippen LogP contribution is 2.05. The first-order valence-corrected chi connectivity index (χ1v) is 3.65. The second-order valence-corrected chi connectivity index (χ2v) is 2.58. The van der Waals surface area contributed by atoms with Crippen molar-refractivity contribution in [3.05, 3.63) is 18.2 Å². The van der Waals surface area contributed by atoms with Gasteiger partial charge < -0.3 is 4.90 Å². The van der Waals surface area contributed by atoms with E-state index in [1.54, 1.807) is 11.2 Å². The van der Waals surface area contributed by atoms with Gasteiger partial charge in [-0.15, -0.1) is 0 Å².